The molecule has 1 aromatic rings. The molecule has 0 aromatic heterocycles. The van der Waals surface area contributed by atoms with Crippen molar-refractivity contribution in [2.75, 3.05) is 18.5 Å². The molecule has 0 aliphatic heterocycles. The minimum Gasteiger partial charge on any atom is -0.375 e. The SMILES string of the molecule is CCCCN(C)c1ccc(CC(N)CC)c(C)c1. The van der Waals surface area contributed by atoms with Gasteiger partial charge in [0.05, 0.1) is 0 Å². The van der Waals surface area contributed by atoms with Gasteiger partial charge in [0.25, 0.3) is 0 Å². The van der Waals surface area contributed by atoms with Gasteiger partial charge in [0, 0.05) is 25.3 Å². The Kier molecular flexibility index (Phi) is 6.20. The summed E-state index contributed by atoms with van der Waals surface area (Å²) in [7, 11) is 2.17. The lowest BCUT2D eigenvalue weighted by Gasteiger charge is -2.21. The van der Waals surface area contributed by atoms with Gasteiger partial charge in [0.2, 0.25) is 0 Å². The quantitative estimate of drug-likeness (QED) is 0.800. The fourth-order valence-corrected chi connectivity index (χ4v) is 2.10. The summed E-state index contributed by atoms with van der Waals surface area (Å²) in [6.07, 6.45) is 4.52. The normalized spacial score (nSPS) is 12.5. The van der Waals surface area contributed by atoms with Crippen LogP contribution in [0.5, 0.6) is 0 Å². The molecular formula is C16H28N2. The van der Waals surface area contributed by atoms with E-state index >= 15 is 0 Å². The minimum atomic E-state index is 0.285. The number of anilines is 1. The molecule has 0 fully saturated rings. The summed E-state index contributed by atoms with van der Waals surface area (Å²) in [6, 6.07) is 7.03. The predicted molar refractivity (Wildman–Crippen MR) is 81.3 cm³/mol. The van der Waals surface area contributed by atoms with Crippen LogP contribution in [-0.4, -0.2) is 19.6 Å². The van der Waals surface area contributed by atoms with Crippen LogP contribution in [-0.2, 0) is 6.42 Å². The Morgan fingerprint density at radius 3 is 2.56 bits per heavy atom. The molecular weight excluding hydrogens is 220 g/mol. The third kappa shape index (κ3) is 4.34. The number of hydrogen-bond acceptors (Lipinski definition) is 2. The molecule has 0 bridgehead atoms. The van der Waals surface area contributed by atoms with Gasteiger partial charge in [-0.2, -0.15) is 0 Å². The second kappa shape index (κ2) is 7.42. The average molecular weight is 248 g/mol. The molecule has 1 aromatic carbocycles. The van der Waals surface area contributed by atoms with Crippen molar-refractivity contribution in [3.05, 3.63) is 29.3 Å². The Morgan fingerprint density at radius 2 is 2.00 bits per heavy atom. The molecule has 0 radical (unpaired) electrons. The van der Waals surface area contributed by atoms with E-state index in [2.05, 4.69) is 50.9 Å². The number of unbranched alkanes of at least 4 members (excludes halogenated alkanes) is 1. The molecule has 2 N–H and O–H groups in total. The lowest BCUT2D eigenvalue weighted by atomic mass is 9.99. The standard InChI is InChI=1S/C16H28N2/c1-5-7-10-18(4)16-9-8-14(13(3)11-16)12-15(17)6-2/h8-9,11,15H,5-7,10,12,17H2,1-4H3. The number of nitrogens with two attached hydrogens (primary N) is 1. The minimum absolute atomic E-state index is 0.285. The Morgan fingerprint density at radius 1 is 1.28 bits per heavy atom. The highest BCUT2D eigenvalue weighted by Crippen LogP contribution is 2.20. The van der Waals surface area contributed by atoms with E-state index in [0.29, 0.717) is 0 Å². The molecule has 1 rings (SSSR count). The summed E-state index contributed by atoms with van der Waals surface area (Å²) in [4.78, 5) is 2.33. The molecule has 0 amide bonds. The molecule has 0 aliphatic rings. The average Bonchev–Trinajstić information content (AvgIpc) is 2.38. The maximum atomic E-state index is 6.03. The fourth-order valence-electron chi connectivity index (χ4n) is 2.10. The zero-order valence-corrected chi connectivity index (χ0v) is 12.4. The maximum absolute atomic E-state index is 6.03. The van der Waals surface area contributed by atoms with Crippen LogP contribution in [0, 0.1) is 6.92 Å². The highest BCUT2D eigenvalue weighted by atomic mass is 15.1. The van der Waals surface area contributed by atoms with Crippen LogP contribution in [0.1, 0.15) is 44.2 Å². The summed E-state index contributed by atoms with van der Waals surface area (Å²) in [6.45, 7) is 7.69. The second-order valence-corrected chi connectivity index (χ2v) is 5.26. The van der Waals surface area contributed by atoms with Gasteiger partial charge in [0.15, 0.2) is 0 Å². The van der Waals surface area contributed by atoms with Crippen LogP contribution in [0.4, 0.5) is 5.69 Å². The predicted octanol–water partition coefficient (Wildman–Crippen LogP) is 3.51. The first-order valence-electron chi connectivity index (χ1n) is 7.14. The summed E-state index contributed by atoms with van der Waals surface area (Å²) in [5.74, 6) is 0. The summed E-state index contributed by atoms with van der Waals surface area (Å²) in [5.41, 5.74) is 10.1. The summed E-state index contributed by atoms with van der Waals surface area (Å²) >= 11 is 0. The van der Waals surface area contributed by atoms with Crippen molar-refractivity contribution in [3.8, 4) is 0 Å². The lowest BCUT2D eigenvalue weighted by molar-refractivity contribution is 0.644. The third-order valence-corrected chi connectivity index (χ3v) is 3.62. The molecule has 0 saturated heterocycles. The molecule has 0 aliphatic carbocycles. The highest BCUT2D eigenvalue weighted by molar-refractivity contribution is 5.50. The van der Waals surface area contributed by atoms with Gasteiger partial charge in [-0.05, 0) is 49.4 Å². The first kappa shape index (κ1) is 15.0. The lowest BCUT2D eigenvalue weighted by Crippen LogP contribution is -2.22. The molecule has 0 saturated carbocycles. The van der Waals surface area contributed by atoms with Crippen molar-refractivity contribution < 1.29 is 0 Å². The van der Waals surface area contributed by atoms with Gasteiger partial charge in [-0.25, -0.2) is 0 Å². The van der Waals surface area contributed by atoms with Crippen LogP contribution in [0.3, 0.4) is 0 Å². The number of hydrogen-bond donors (Lipinski definition) is 1. The van der Waals surface area contributed by atoms with Crippen LogP contribution in [0.2, 0.25) is 0 Å². The van der Waals surface area contributed by atoms with Crippen molar-refractivity contribution in [3.63, 3.8) is 0 Å². The first-order valence-corrected chi connectivity index (χ1v) is 7.14. The number of rotatable bonds is 7. The van der Waals surface area contributed by atoms with E-state index in [9.17, 15) is 0 Å². The van der Waals surface area contributed by atoms with Crippen LogP contribution < -0.4 is 10.6 Å². The zero-order chi connectivity index (χ0) is 13.5. The van der Waals surface area contributed by atoms with E-state index in [0.717, 1.165) is 19.4 Å². The van der Waals surface area contributed by atoms with E-state index < -0.39 is 0 Å². The molecule has 1 unspecified atom stereocenters. The molecule has 2 nitrogen and oxygen atoms in total. The monoisotopic (exact) mass is 248 g/mol. The Labute approximate surface area is 112 Å². The van der Waals surface area contributed by atoms with E-state index in [-0.39, 0.29) is 6.04 Å². The number of nitrogens with zero attached hydrogens (tertiary/aromatic N) is 1. The van der Waals surface area contributed by atoms with Gasteiger partial charge in [-0.15, -0.1) is 0 Å². The van der Waals surface area contributed by atoms with Gasteiger partial charge in [0.1, 0.15) is 0 Å². The van der Waals surface area contributed by atoms with Gasteiger partial charge in [-0.1, -0.05) is 26.3 Å². The summed E-state index contributed by atoms with van der Waals surface area (Å²) in [5, 5.41) is 0. The largest absolute Gasteiger partial charge is 0.375 e. The Balaban J connectivity index is 2.72. The van der Waals surface area contributed by atoms with Crippen molar-refractivity contribution in [2.24, 2.45) is 5.73 Å². The molecule has 18 heavy (non-hydrogen) atoms. The molecule has 102 valence electrons. The Bertz CT molecular complexity index is 360. The zero-order valence-electron chi connectivity index (χ0n) is 12.4. The molecule has 0 spiro atoms. The van der Waals surface area contributed by atoms with E-state index in [4.69, 9.17) is 5.73 Å². The first-order chi connectivity index (χ1) is 8.58. The van der Waals surface area contributed by atoms with Crippen molar-refractivity contribution in [2.45, 2.75) is 52.5 Å². The topological polar surface area (TPSA) is 29.3 Å². The van der Waals surface area contributed by atoms with Crippen molar-refractivity contribution in [1.29, 1.82) is 0 Å². The van der Waals surface area contributed by atoms with Gasteiger partial charge < -0.3 is 10.6 Å². The van der Waals surface area contributed by atoms with Crippen LogP contribution >= 0.6 is 0 Å². The molecule has 2 heteroatoms. The van der Waals surface area contributed by atoms with Crippen molar-refractivity contribution >= 4 is 5.69 Å². The molecule has 0 heterocycles. The van der Waals surface area contributed by atoms with Crippen molar-refractivity contribution in [1.82, 2.24) is 0 Å². The second-order valence-electron chi connectivity index (χ2n) is 5.26. The van der Waals surface area contributed by atoms with E-state index in [1.54, 1.807) is 0 Å². The summed E-state index contributed by atoms with van der Waals surface area (Å²) < 4.78 is 0. The number of benzene rings is 1. The van der Waals surface area contributed by atoms with Gasteiger partial charge in [-0.3, -0.25) is 0 Å². The van der Waals surface area contributed by atoms with E-state index in [1.165, 1.54) is 29.7 Å². The maximum Gasteiger partial charge on any atom is 0.0366 e. The highest BCUT2D eigenvalue weighted by Gasteiger charge is 2.07. The fraction of sp³-hybridized carbons (Fsp3) is 0.625. The van der Waals surface area contributed by atoms with Gasteiger partial charge >= 0.3 is 0 Å². The van der Waals surface area contributed by atoms with E-state index in [1.807, 2.05) is 0 Å². The van der Waals surface area contributed by atoms with Crippen LogP contribution in [0.25, 0.3) is 0 Å². The number of aryl methyl sites for hydroxylation is 1. The third-order valence-electron chi connectivity index (χ3n) is 3.62. The molecule has 1 atom stereocenters. The van der Waals surface area contributed by atoms with Crippen LogP contribution in [0.15, 0.2) is 18.2 Å². The smallest absolute Gasteiger partial charge is 0.0366 e. The Hall–Kier alpha value is -1.02.